The topological polar surface area (TPSA) is 14.1 Å². The van der Waals surface area contributed by atoms with Crippen LogP contribution < -0.4 is 5.32 Å². The Morgan fingerprint density at radius 3 is 2.50 bits per heavy atom. The molecule has 0 amide bonds. The first kappa shape index (κ1) is 7.81. The van der Waals surface area contributed by atoms with Gasteiger partial charge < -0.3 is 0 Å². The van der Waals surface area contributed by atoms with Crippen LogP contribution in [0.5, 0.6) is 0 Å². The molecule has 2 atom stereocenters. The fourth-order valence-electron chi connectivity index (χ4n) is 1.86. The number of benzene rings is 1. The molecule has 2 unspecified atom stereocenters. The van der Waals surface area contributed by atoms with E-state index in [-0.39, 0.29) is 0 Å². The number of nitrogens with zero attached hydrogens (tertiary/aromatic N) is 1. The molecule has 1 fully saturated rings. The largest absolute Gasteiger partial charge is 0.241 e. The quantitative estimate of drug-likeness (QED) is 0.597. The first-order chi connectivity index (χ1) is 5.88. The van der Waals surface area contributed by atoms with Crippen molar-refractivity contribution in [2.45, 2.75) is 12.8 Å². The third kappa shape index (κ3) is 1.37. The monoisotopic (exact) mass is 160 g/mol. The predicted molar refractivity (Wildman–Crippen MR) is 50.2 cm³/mol. The lowest BCUT2D eigenvalue weighted by molar-refractivity contribution is 0.572. The molecule has 1 aromatic carbocycles. The Morgan fingerprint density at radius 2 is 1.92 bits per heavy atom. The number of rotatable bonds is 1. The van der Waals surface area contributed by atoms with Gasteiger partial charge in [0.05, 0.1) is 0 Å². The van der Waals surface area contributed by atoms with Crippen molar-refractivity contribution < 1.29 is 0 Å². The van der Waals surface area contributed by atoms with Gasteiger partial charge in [0, 0.05) is 19.0 Å². The lowest BCUT2D eigenvalue weighted by atomic mass is 9.90. The van der Waals surface area contributed by atoms with E-state index >= 15 is 0 Å². The Bertz CT molecular complexity index is 242. The SMILES string of the molecule is CC1C[N]CC1c1ccccc1. The summed E-state index contributed by atoms with van der Waals surface area (Å²) < 4.78 is 0. The van der Waals surface area contributed by atoms with E-state index in [9.17, 15) is 0 Å². The summed E-state index contributed by atoms with van der Waals surface area (Å²) >= 11 is 0. The van der Waals surface area contributed by atoms with E-state index in [0.29, 0.717) is 5.92 Å². The van der Waals surface area contributed by atoms with Crippen molar-refractivity contribution in [1.29, 1.82) is 0 Å². The zero-order chi connectivity index (χ0) is 8.39. The van der Waals surface area contributed by atoms with Crippen molar-refractivity contribution in [3.63, 3.8) is 0 Å². The Hall–Kier alpha value is -0.820. The minimum Gasteiger partial charge on any atom is -0.241 e. The summed E-state index contributed by atoms with van der Waals surface area (Å²) in [7, 11) is 0. The highest BCUT2D eigenvalue weighted by atomic mass is 14.9. The molecule has 1 saturated heterocycles. The van der Waals surface area contributed by atoms with Gasteiger partial charge in [-0.3, -0.25) is 0 Å². The number of hydrogen-bond donors (Lipinski definition) is 0. The van der Waals surface area contributed by atoms with Crippen LogP contribution in [-0.2, 0) is 0 Å². The molecule has 0 bridgehead atoms. The molecule has 12 heavy (non-hydrogen) atoms. The van der Waals surface area contributed by atoms with Crippen LogP contribution in [0.3, 0.4) is 0 Å². The molecule has 0 aromatic heterocycles. The van der Waals surface area contributed by atoms with Gasteiger partial charge >= 0.3 is 0 Å². The molecule has 1 aliphatic rings. The van der Waals surface area contributed by atoms with Gasteiger partial charge in [0.25, 0.3) is 0 Å². The summed E-state index contributed by atoms with van der Waals surface area (Å²) in [4.78, 5) is 0. The highest BCUT2D eigenvalue weighted by Crippen LogP contribution is 2.27. The Labute approximate surface area is 73.8 Å². The van der Waals surface area contributed by atoms with Crippen molar-refractivity contribution in [2.75, 3.05) is 13.1 Å². The van der Waals surface area contributed by atoms with E-state index < -0.39 is 0 Å². The molecule has 0 N–H and O–H groups in total. The normalized spacial score (nSPS) is 29.1. The minimum atomic E-state index is 0.672. The average Bonchev–Trinajstić information content (AvgIpc) is 2.53. The standard InChI is InChI=1S/C11H14N/c1-9-7-12-8-11(9)10-5-3-2-4-6-10/h2-6,9,11H,7-8H2,1H3. The van der Waals surface area contributed by atoms with Crippen molar-refractivity contribution in [3.8, 4) is 0 Å². The van der Waals surface area contributed by atoms with Crippen LogP contribution in [0.25, 0.3) is 0 Å². The van der Waals surface area contributed by atoms with Gasteiger partial charge in [-0.15, -0.1) is 0 Å². The van der Waals surface area contributed by atoms with Crippen LogP contribution in [0.2, 0.25) is 0 Å². The second-order valence-electron chi connectivity index (χ2n) is 3.58. The summed E-state index contributed by atoms with van der Waals surface area (Å²) in [6, 6.07) is 10.7. The van der Waals surface area contributed by atoms with Gasteiger partial charge in [-0.05, 0) is 11.5 Å². The second kappa shape index (κ2) is 3.28. The Kier molecular flexibility index (Phi) is 2.13. The minimum absolute atomic E-state index is 0.672. The van der Waals surface area contributed by atoms with E-state index in [1.165, 1.54) is 5.56 Å². The highest BCUT2D eigenvalue weighted by molar-refractivity contribution is 5.21. The fraction of sp³-hybridized carbons (Fsp3) is 0.455. The lowest BCUT2D eigenvalue weighted by Crippen LogP contribution is -2.05. The molecule has 1 aliphatic heterocycles. The van der Waals surface area contributed by atoms with Crippen LogP contribution >= 0.6 is 0 Å². The zero-order valence-corrected chi connectivity index (χ0v) is 7.40. The molecular weight excluding hydrogens is 146 g/mol. The lowest BCUT2D eigenvalue weighted by Gasteiger charge is -2.13. The molecular formula is C11H14N. The van der Waals surface area contributed by atoms with Crippen LogP contribution in [-0.4, -0.2) is 13.1 Å². The highest BCUT2D eigenvalue weighted by Gasteiger charge is 2.24. The van der Waals surface area contributed by atoms with Gasteiger partial charge in [0.2, 0.25) is 0 Å². The summed E-state index contributed by atoms with van der Waals surface area (Å²) in [6.07, 6.45) is 0. The second-order valence-corrected chi connectivity index (χ2v) is 3.58. The third-order valence-corrected chi connectivity index (χ3v) is 2.66. The predicted octanol–water partition coefficient (Wildman–Crippen LogP) is 2.02. The zero-order valence-electron chi connectivity index (χ0n) is 7.40. The van der Waals surface area contributed by atoms with Gasteiger partial charge in [-0.25, -0.2) is 5.32 Å². The molecule has 1 aromatic rings. The van der Waals surface area contributed by atoms with Crippen molar-refractivity contribution in [1.82, 2.24) is 5.32 Å². The molecule has 0 aliphatic carbocycles. The van der Waals surface area contributed by atoms with Gasteiger partial charge in [0.1, 0.15) is 0 Å². The van der Waals surface area contributed by atoms with E-state index in [1.807, 2.05) is 0 Å². The molecule has 1 heteroatoms. The van der Waals surface area contributed by atoms with Crippen molar-refractivity contribution in [3.05, 3.63) is 35.9 Å². The summed E-state index contributed by atoms with van der Waals surface area (Å²) in [6.45, 7) is 4.35. The van der Waals surface area contributed by atoms with Gasteiger partial charge in [-0.2, -0.15) is 0 Å². The van der Waals surface area contributed by atoms with Crippen molar-refractivity contribution >= 4 is 0 Å². The van der Waals surface area contributed by atoms with E-state index in [1.54, 1.807) is 0 Å². The molecule has 63 valence electrons. The maximum atomic E-state index is 4.42. The van der Waals surface area contributed by atoms with Crippen LogP contribution in [0.4, 0.5) is 0 Å². The number of hydrogen-bond acceptors (Lipinski definition) is 0. The average molecular weight is 160 g/mol. The molecule has 0 spiro atoms. The van der Waals surface area contributed by atoms with Crippen LogP contribution in [0, 0.1) is 5.92 Å². The Morgan fingerprint density at radius 1 is 1.17 bits per heavy atom. The Balaban J connectivity index is 2.19. The molecule has 1 radical (unpaired) electrons. The van der Waals surface area contributed by atoms with E-state index in [0.717, 1.165) is 19.0 Å². The first-order valence-corrected chi connectivity index (χ1v) is 4.56. The summed E-state index contributed by atoms with van der Waals surface area (Å²) in [5.41, 5.74) is 1.45. The van der Waals surface area contributed by atoms with Crippen LogP contribution in [0.15, 0.2) is 30.3 Å². The molecule has 2 rings (SSSR count). The molecule has 1 nitrogen and oxygen atoms in total. The summed E-state index contributed by atoms with van der Waals surface area (Å²) in [5.74, 6) is 1.40. The van der Waals surface area contributed by atoms with E-state index in [2.05, 4.69) is 42.6 Å². The third-order valence-electron chi connectivity index (χ3n) is 2.66. The fourth-order valence-corrected chi connectivity index (χ4v) is 1.86. The molecule has 1 heterocycles. The van der Waals surface area contributed by atoms with Crippen LogP contribution in [0.1, 0.15) is 18.4 Å². The van der Waals surface area contributed by atoms with E-state index in [4.69, 9.17) is 0 Å². The van der Waals surface area contributed by atoms with Crippen molar-refractivity contribution in [2.24, 2.45) is 5.92 Å². The smallest absolute Gasteiger partial charge is 0.0205 e. The summed E-state index contributed by atoms with van der Waals surface area (Å²) in [5, 5.41) is 4.42. The first-order valence-electron chi connectivity index (χ1n) is 4.56. The van der Waals surface area contributed by atoms with Gasteiger partial charge in [0.15, 0.2) is 0 Å². The molecule has 0 saturated carbocycles. The van der Waals surface area contributed by atoms with Gasteiger partial charge in [-0.1, -0.05) is 37.3 Å². The maximum Gasteiger partial charge on any atom is 0.0205 e. The maximum absolute atomic E-state index is 4.42.